The molecule has 0 aliphatic carbocycles. The van der Waals surface area contributed by atoms with E-state index in [4.69, 9.17) is 14.2 Å². The number of methoxy groups -OCH3 is 1. The van der Waals surface area contributed by atoms with Gasteiger partial charge in [-0.05, 0) is 49.4 Å². The molecule has 2 heterocycles. The zero-order chi connectivity index (χ0) is 15.9. The van der Waals surface area contributed by atoms with E-state index in [-0.39, 0.29) is 24.0 Å². The highest BCUT2D eigenvalue weighted by Gasteiger charge is 2.36. The SMILES string of the molecule is COc1cc(/C=C2\SC(=O)N(C(C)C)C2=O)cc2c1OCO2. The van der Waals surface area contributed by atoms with Gasteiger partial charge in [-0.1, -0.05) is 0 Å². The molecule has 0 aromatic heterocycles. The second kappa shape index (κ2) is 5.57. The smallest absolute Gasteiger partial charge is 0.293 e. The van der Waals surface area contributed by atoms with Gasteiger partial charge >= 0.3 is 0 Å². The Morgan fingerprint density at radius 1 is 1.32 bits per heavy atom. The second-order valence-corrected chi connectivity index (χ2v) is 6.10. The van der Waals surface area contributed by atoms with Crippen LogP contribution in [0.25, 0.3) is 6.08 Å². The molecule has 2 aliphatic heterocycles. The average molecular weight is 321 g/mol. The summed E-state index contributed by atoms with van der Waals surface area (Å²) in [7, 11) is 1.54. The van der Waals surface area contributed by atoms with Crippen molar-refractivity contribution in [2.45, 2.75) is 19.9 Å². The number of thioether (sulfide) groups is 1. The van der Waals surface area contributed by atoms with E-state index in [0.29, 0.717) is 22.2 Å². The van der Waals surface area contributed by atoms with Crippen LogP contribution >= 0.6 is 11.8 Å². The summed E-state index contributed by atoms with van der Waals surface area (Å²) in [5.41, 5.74) is 0.718. The highest BCUT2D eigenvalue weighted by Crippen LogP contribution is 2.43. The summed E-state index contributed by atoms with van der Waals surface area (Å²) >= 11 is 0.937. The predicted octanol–water partition coefficient (Wildman–Crippen LogP) is 2.87. The number of fused-ring (bicyclic) bond motifs is 1. The van der Waals surface area contributed by atoms with Crippen LogP contribution in [0.4, 0.5) is 4.79 Å². The molecule has 0 unspecified atom stereocenters. The predicted molar refractivity (Wildman–Crippen MR) is 82.1 cm³/mol. The molecule has 1 aromatic carbocycles. The van der Waals surface area contributed by atoms with Crippen LogP contribution in [0.3, 0.4) is 0 Å². The van der Waals surface area contributed by atoms with Crippen LogP contribution in [0.1, 0.15) is 19.4 Å². The first-order valence-corrected chi connectivity index (χ1v) is 7.57. The molecule has 2 aliphatic rings. The molecule has 0 atom stereocenters. The van der Waals surface area contributed by atoms with Crippen molar-refractivity contribution >= 4 is 29.0 Å². The summed E-state index contributed by atoms with van der Waals surface area (Å²) in [6.07, 6.45) is 1.66. The van der Waals surface area contributed by atoms with Crippen molar-refractivity contribution in [1.82, 2.24) is 4.90 Å². The maximum Gasteiger partial charge on any atom is 0.293 e. The molecular weight excluding hydrogens is 306 g/mol. The first-order chi connectivity index (χ1) is 10.5. The third-order valence-electron chi connectivity index (χ3n) is 3.32. The molecule has 1 saturated heterocycles. The van der Waals surface area contributed by atoms with E-state index in [1.807, 2.05) is 13.8 Å². The van der Waals surface area contributed by atoms with Crippen LogP contribution in [-0.4, -0.2) is 36.0 Å². The van der Waals surface area contributed by atoms with Crippen LogP contribution in [-0.2, 0) is 4.79 Å². The number of imide groups is 1. The number of carbonyl (C=O) groups excluding carboxylic acids is 2. The molecule has 0 radical (unpaired) electrons. The first kappa shape index (κ1) is 14.8. The Bertz CT molecular complexity index is 683. The van der Waals surface area contributed by atoms with Gasteiger partial charge in [-0.3, -0.25) is 14.5 Å². The van der Waals surface area contributed by atoms with Gasteiger partial charge in [0.2, 0.25) is 12.5 Å². The number of nitrogens with zero attached hydrogens (tertiary/aromatic N) is 1. The quantitative estimate of drug-likeness (QED) is 0.798. The van der Waals surface area contributed by atoms with Gasteiger partial charge in [0.25, 0.3) is 11.1 Å². The Morgan fingerprint density at radius 2 is 2.09 bits per heavy atom. The van der Waals surface area contributed by atoms with Gasteiger partial charge in [0.1, 0.15) is 0 Å². The highest BCUT2D eigenvalue weighted by atomic mass is 32.2. The summed E-state index contributed by atoms with van der Waals surface area (Å²) < 4.78 is 15.9. The zero-order valence-electron chi connectivity index (χ0n) is 12.4. The van der Waals surface area contributed by atoms with Gasteiger partial charge in [0, 0.05) is 6.04 Å². The van der Waals surface area contributed by atoms with Crippen molar-refractivity contribution in [3.8, 4) is 17.2 Å². The average Bonchev–Trinajstić information content (AvgIpc) is 3.03. The lowest BCUT2D eigenvalue weighted by atomic mass is 10.1. The topological polar surface area (TPSA) is 65.1 Å². The molecule has 6 nitrogen and oxygen atoms in total. The van der Waals surface area contributed by atoms with Gasteiger partial charge in [0.15, 0.2) is 11.5 Å². The zero-order valence-corrected chi connectivity index (χ0v) is 13.2. The third-order valence-corrected chi connectivity index (χ3v) is 4.20. The van der Waals surface area contributed by atoms with Crippen molar-refractivity contribution in [3.05, 3.63) is 22.6 Å². The molecule has 0 bridgehead atoms. The monoisotopic (exact) mass is 321 g/mol. The van der Waals surface area contributed by atoms with Crippen LogP contribution < -0.4 is 14.2 Å². The van der Waals surface area contributed by atoms with Gasteiger partial charge in [-0.15, -0.1) is 0 Å². The van der Waals surface area contributed by atoms with Gasteiger partial charge < -0.3 is 14.2 Å². The highest BCUT2D eigenvalue weighted by molar-refractivity contribution is 8.18. The number of hydrogen-bond acceptors (Lipinski definition) is 6. The lowest BCUT2D eigenvalue weighted by molar-refractivity contribution is -0.123. The summed E-state index contributed by atoms with van der Waals surface area (Å²) in [6.45, 7) is 3.75. The standard InChI is InChI=1S/C15H15NO5S/c1-8(2)16-14(17)12(22-15(16)18)6-9-4-10(19-3)13-11(5-9)20-7-21-13/h4-6,8H,7H2,1-3H3/b12-6-. The van der Waals surface area contributed by atoms with Crippen LogP contribution in [0.2, 0.25) is 0 Å². The molecule has 1 fully saturated rings. The van der Waals surface area contributed by atoms with E-state index < -0.39 is 0 Å². The van der Waals surface area contributed by atoms with Crippen molar-refractivity contribution in [2.75, 3.05) is 13.9 Å². The molecule has 3 rings (SSSR count). The molecule has 1 aromatic rings. The molecule has 7 heteroatoms. The number of carbonyl (C=O) groups is 2. The maximum atomic E-state index is 12.3. The molecule has 0 N–H and O–H groups in total. The molecule has 0 spiro atoms. The second-order valence-electron chi connectivity index (χ2n) is 5.10. The Balaban J connectivity index is 1.96. The minimum atomic E-state index is -0.276. The largest absolute Gasteiger partial charge is 0.493 e. The summed E-state index contributed by atoms with van der Waals surface area (Å²) in [4.78, 5) is 25.8. The lowest BCUT2D eigenvalue weighted by Crippen LogP contribution is -2.34. The molecule has 116 valence electrons. The van der Waals surface area contributed by atoms with E-state index >= 15 is 0 Å². The lowest BCUT2D eigenvalue weighted by Gasteiger charge is -2.16. The van der Waals surface area contributed by atoms with E-state index in [1.54, 1.807) is 18.2 Å². The van der Waals surface area contributed by atoms with E-state index in [9.17, 15) is 9.59 Å². The van der Waals surface area contributed by atoms with Gasteiger partial charge in [-0.25, -0.2) is 0 Å². The molecular formula is C15H15NO5S. The van der Waals surface area contributed by atoms with Gasteiger partial charge in [-0.2, -0.15) is 0 Å². The summed E-state index contributed by atoms with van der Waals surface area (Å²) in [6, 6.07) is 3.34. The fourth-order valence-corrected chi connectivity index (χ4v) is 3.27. The molecule has 22 heavy (non-hydrogen) atoms. The van der Waals surface area contributed by atoms with Crippen LogP contribution in [0.5, 0.6) is 17.2 Å². The van der Waals surface area contributed by atoms with Crippen molar-refractivity contribution in [2.24, 2.45) is 0 Å². The minimum Gasteiger partial charge on any atom is -0.493 e. The van der Waals surface area contributed by atoms with Crippen LogP contribution in [0.15, 0.2) is 17.0 Å². The number of ether oxygens (including phenoxy) is 3. The minimum absolute atomic E-state index is 0.138. The number of hydrogen-bond donors (Lipinski definition) is 0. The van der Waals surface area contributed by atoms with E-state index in [1.165, 1.54) is 12.0 Å². The fraction of sp³-hybridized carbons (Fsp3) is 0.333. The Kier molecular flexibility index (Phi) is 3.74. The van der Waals surface area contributed by atoms with Crippen molar-refractivity contribution in [1.29, 1.82) is 0 Å². The van der Waals surface area contributed by atoms with E-state index in [0.717, 1.165) is 17.3 Å². The number of amides is 2. The van der Waals surface area contributed by atoms with Crippen molar-refractivity contribution < 1.29 is 23.8 Å². The first-order valence-electron chi connectivity index (χ1n) is 6.76. The number of benzene rings is 1. The Morgan fingerprint density at radius 3 is 2.73 bits per heavy atom. The Labute approximate surface area is 132 Å². The normalized spacial score (nSPS) is 18.7. The maximum absolute atomic E-state index is 12.3. The van der Waals surface area contributed by atoms with Crippen LogP contribution in [0, 0.1) is 0 Å². The number of rotatable bonds is 3. The summed E-state index contributed by atoms with van der Waals surface area (Å²) in [5.74, 6) is 1.37. The third kappa shape index (κ3) is 2.41. The molecule has 0 saturated carbocycles. The summed E-state index contributed by atoms with van der Waals surface area (Å²) in [5, 5.41) is -0.251. The van der Waals surface area contributed by atoms with E-state index in [2.05, 4.69) is 0 Å². The van der Waals surface area contributed by atoms with Crippen molar-refractivity contribution in [3.63, 3.8) is 0 Å². The van der Waals surface area contributed by atoms with Gasteiger partial charge in [0.05, 0.1) is 12.0 Å². The molecule has 2 amide bonds. The Hall–Kier alpha value is -2.15. The fourth-order valence-electron chi connectivity index (χ4n) is 2.31.